The van der Waals surface area contributed by atoms with Crippen LogP contribution in [0.15, 0.2) is 36.2 Å². The Hall–Kier alpha value is -1.51. The summed E-state index contributed by atoms with van der Waals surface area (Å²) in [5.41, 5.74) is 0.955. The van der Waals surface area contributed by atoms with Crippen molar-refractivity contribution in [3.05, 3.63) is 36.2 Å². The molecule has 0 aliphatic carbocycles. The Morgan fingerprint density at radius 3 is 3.27 bits per heavy atom. The molecule has 2 rings (SSSR count). The van der Waals surface area contributed by atoms with Crippen molar-refractivity contribution in [1.29, 1.82) is 0 Å². The van der Waals surface area contributed by atoms with Gasteiger partial charge in [0.15, 0.2) is 0 Å². The van der Waals surface area contributed by atoms with Crippen LogP contribution in [-0.2, 0) is 4.79 Å². The van der Waals surface area contributed by atoms with Crippen LogP contribution in [0.3, 0.4) is 0 Å². The van der Waals surface area contributed by atoms with Crippen molar-refractivity contribution in [2.24, 2.45) is 0 Å². The van der Waals surface area contributed by atoms with Gasteiger partial charge in [0.05, 0.1) is 6.67 Å². The van der Waals surface area contributed by atoms with Gasteiger partial charge in [0.2, 0.25) is 5.91 Å². The third kappa shape index (κ3) is 1.05. The van der Waals surface area contributed by atoms with Gasteiger partial charge in [-0.1, -0.05) is 6.08 Å². The second-order valence-corrected chi connectivity index (χ2v) is 2.44. The van der Waals surface area contributed by atoms with Gasteiger partial charge in [-0.15, -0.1) is 0 Å². The summed E-state index contributed by atoms with van der Waals surface area (Å²) in [6.45, 7) is 0.575. The van der Waals surface area contributed by atoms with Gasteiger partial charge in [-0.2, -0.15) is 0 Å². The number of hydrogen-bond donors (Lipinski definition) is 1. The van der Waals surface area contributed by atoms with E-state index in [1.165, 1.54) is 0 Å². The lowest BCUT2D eigenvalue weighted by Gasteiger charge is -2.26. The lowest BCUT2D eigenvalue weighted by atomic mass is 10.2. The third-order valence-electron chi connectivity index (χ3n) is 1.68. The third-order valence-corrected chi connectivity index (χ3v) is 1.68. The first-order chi connectivity index (χ1) is 5.36. The number of rotatable bonds is 0. The molecular weight excluding hydrogens is 140 g/mol. The van der Waals surface area contributed by atoms with E-state index in [0.717, 1.165) is 5.70 Å². The molecule has 1 N–H and O–H groups in total. The zero-order valence-electron chi connectivity index (χ0n) is 5.95. The van der Waals surface area contributed by atoms with Gasteiger partial charge >= 0.3 is 0 Å². The maximum absolute atomic E-state index is 10.8. The van der Waals surface area contributed by atoms with Gasteiger partial charge in [0, 0.05) is 18.0 Å². The topological polar surface area (TPSA) is 32.3 Å². The standard InChI is InChI=1S/C8H8N2O/c11-8-5-7-3-1-2-4-10(7)6-9-8/h1-5H,6H2,(H,9,11). The first-order valence-electron chi connectivity index (χ1n) is 3.47. The van der Waals surface area contributed by atoms with Crippen molar-refractivity contribution in [2.75, 3.05) is 6.67 Å². The average Bonchev–Trinajstić information content (AvgIpc) is 2.04. The Labute approximate surface area is 64.7 Å². The predicted octanol–water partition coefficient (Wildman–Crippen LogP) is 0.343. The molecule has 3 nitrogen and oxygen atoms in total. The minimum Gasteiger partial charge on any atom is -0.335 e. The summed E-state index contributed by atoms with van der Waals surface area (Å²) in [6, 6.07) is 0. The van der Waals surface area contributed by atoms with E-state index in [1.807, 2.05) is 29.3 Å². The summed E-state index contributed by atoms with van der Waals surface area (Å²) in [6.07, 6.45) is 9.29. The van der Waals surface area contributed by atoms with Crippen LogP contribution in [-0.4, -0.2) is 17.5 Å². The molecule has 2 aliphatic heterocycles. The molecule has 0 spiro atoms. The van der Waals surface area contributed by atoms with Gasteiger partial charge < -0.3 is 10.2 Å². The molecule has 11 heavy (non-hydrogen) atoms. The number of amides is 1. The Kier molecular flexibility index (Phi) is 1.28. The fourth-order valence-corrected chi connectivity index (χ4v) is 1.11. The molecule has 0 aromatic rings. The van der Waals surface area contributed by atoms with E-state index in [2.05, 4.69) is 5.32 Å². The highest BCUT2D eigenvalue weighted by Gasteiger charge is 2.13. The first kappa shape index (κ1) is 6.22. The largest absolute Gasteiger partial charge is 0.335 e. The highest BCUT2D eigenvalue weighted by Crippen LogP contribution is 2.12. The van der Waals surface area contributed by atoms with Gasteiger partial charge in [0.25, 0.3) is 0 Å². The van der Waals surface area contributed by atoms with Crippen molar-refractivity contribution in [2.45, 2.75) is 0 Å². The molecule has 56 valence electrons. The molecule has 0 aromatic heterocycles. The van der Waals surface area contributed by atoms with Crippen molar-refractivity contribution in [3.63, 3.8) is 0 Å². The number of carbonyl (C=O) groups is 1. The Morgan fingerprint density at radius 2 is 2.36 bits per heavy atom. The van der Waals surface area contributed by atoms with E-state index in [1.54, 1.807) is 6.08 Å². The number of hydrogen-bond acceptors (Lipinski definition) is 2. The highest BCUT2D eigenvalue weighted by molar-refractivity contribution is 5.89. The molecule has 0 saturated heterocycles. The molecule has 0 aromatic carbocycles. The summed E-state index contributed by atoms with van der Waals surface area (Å²) in [5, 5.41) is 2.71. The number of fused-ring (bicyclic) bond motifs is 1. The molecule has 2 aliphatic rings. The molecule has 1 amide bonds. The highest BCUT2D eigenvalue weighted by atomic mass is 16.1. The van der Waals surface area contributed by atoms with Crippen molar-refractivity contribution in [1.82, 2.24) is 10.2 Å². The minimum absolute atomic E-state index is 0.0174. The molecule has 0 saturated carbocycles. The summed E-state index contributed by atoms with van der Waals surface area (Å²) >= 11 is 0. The SMILES string of the molecule is O=C1C=C2C=CC=CN2CN1. The van der Waals surface area contributed by atoms with Crippen molar-refractivity contribution in [3.8, 4) is 0 Å². The molecular formula is C8H8N2O. The van der Waals surface area contributed by atoms with Crippen LogP contribution in [0.5, 0.6) is 0 Å². The van der Waals surface area contributed by atoms with Crippen LogP contribution in [0.1, 0.15) is 0 Å². The molecule has 0 bridgehead atoms. The number of nitrogens with zero attached hydrogens (tertiary/aromatic N) is 1. The molecule has 2 heterocycles. The van der Waals surface area contributed by atoms with Crippen LogP contribution in [0, 0.1) is 0 Å². The fraction of sp³-hybridized carbons (Fsp3) is 0.125. The van der Waals surface area contributed by atoms with E-state index in [9.17, 15) is 4.79 Å². The van der Waals surface area contributed by atoms with Crippen LogP contribution in [0.4, 0.5) is 0 Å². The Bertz CT molecular complexity index is 276. The predicted molar refractivity (Wildman–Crippen MR) is 41.2 cm³/mol. The minimum atomic E-state index is -0.0174. The molecule has 0 fully saturated rings. The second kappa shape index (κ2) is 2.27. The van der Waals surface area contributed by atoms with Crippen LogP contribution in [0.2, 0.25) is 0 Å². The van der Waals surface area contributed by atoms with Crippen LogP contribution < -0.4 is 5.32 Å². The van der Waals surface area contributed by atoms with E-state index < -0.39 is 0 Å². The summed E-state index contributed by atoms with van der Waals surface area (Å²) < 4.78 is 0. The van der Waals surface area contributed by atoms with Crippen molar-refractivity contribution < 1.29 is 4.79 Å². The number of carbonyl (C=O) groups excluding carboxylic acids is 1. The van der Waals surface area contributed by atoms with E-state index >= 15 is 0 Å². The van der Waals surface area contributed by atoms with E-state index in [-0.39, 0.29) is 5.91 Å². The van der Waals surface area contributed by atoms with Crippen molar-refractivity contribution >= 4 is 5.91 Å². The summed E-state index contributed by atoms with van der Waals surface area (Å²) in [7, 11) is 0. The maximum atomic E-state index is 10.8. The van der Waals surface area contributed by atoms with E-state index in [0.29, 0.717) is 6.67 Å². The molecule has 0 radical (unpaired) electrons. The monoisotopic (exact) mass is 148 g/mol. The first-order valence-corrected chi connectivity index (χ1v) is 3.47. The lowest BCUT2D eigenvalue weighted by Crippen LogP contribution is -2.38. The Morgan fingerprint density at radius 1 is 1.45 bits per heavy atom. The van der Waals surface area contributed by atoms with Crippen LogP contribution >= 0.6 is 0 Å². The zero-order valence-corrected chi connectivity index (χ0v) is 5.95. The second-order valence-electron chi connectivity index (χ2n) is 2.44. The summed E-state index contributed by atoms with van der Waals surface area (Å²) in [4.78, 5) is 12.8. The van der Waals surface area contributed by atoms with Gasteiger partial charge in [-0.3, -0.25) is 4.79 Å². The van der Waals surface area contributed by atoms with Gasteiger partial charge in [0.1, 0.15) is 0 Å². The Balaban J connectivity index is 2.33. The fourth-order valence-electron chi connectivity index (χ4n) is 1.11. The van der Waals surface area contributed by atoms with E-state index in [4.69, 9.17) is 0 Å². The normalized spacial score (nSPS) is 20.9. The number of nitrogens with one attached hydrogen (secondary N) is 1. The number of allylic oxidation sites excluding steroid dienone is 3. The molecule has 0 unspecified atom stereocenters. The molecule has 3 heteroatoms. The van der Waals surface area contributed by atoms with Crippen LogP contribution in [0.25, 0.3) is 0 Å². The maximum Gasteiger partial charge on any atom is 0.247 e. The van der Waals surface area contributed by atoms with Gasteiger partial charge in [-0.25, -0.2) is 0 Å². The zero-order chi connectivity index (χ0) is 7.68. The average molecular weight is 148 g/mol. The van der Waals surface area contributed by atoms with Gasteiger partial charge in [-0.05, 0) is 12.2 Å². The molecule has 0 atom stereocenters. The smallest absolute Gasteiger partial charge is 0.247 e. The summed E-state index contributed by atoms with van der Waals surface area (Å²) in [5.74, 6) is -0.0174. The lowest BCUT2D eigenvalue weighted by molar-refractivity contribution is -0.117. The quantitative estimate of drug-likeness (QED) is 0.537.